The Labute approximate surface area is 92.9 Å². The van der Waals surface area contributed by atoms with Gasteiger partial charge in [0.1, 0.15) is 5.82 Å². The van der Waals surface area contributed by atoms with Crippen molar-refractivity contribution in [2.24, 2.45) is 5.41 Å². The quantitative estimate of drug-likeness (QED) is 0.844. The highest BCUT2D eigenvalue weighted by Gasteiger charge is 2.29. The standard InChI is InChI=1S/C11H11ClFNO/c1-11(2,6-14)10(15)7-3-8(12)5-9(13)4-7/h3-5,10,15H,1-2H3. The summed E-state index contributed by atoms with van der Waals surface area (Å²) in [5.74, 6) is -0.523. The SMILES string of the molecule is CC(C)(C#N)C(O)c1cc(F)cc(Cl)c1. The van der Waals surface area contributed by atoms with Crippen LogP contribution in [0.25, 0.3) is 0 Å². The fourth-order valence-electron chi connectivity index (χ4n) is 1.21. The van der Waals surface area contributed by atoms with Crippen molar-refractivity contribution in [1.29, 1.82) is 5.26 Å². The fourth-order valence-corrected chi connectivity index (χ4v) is 1.44. The maximum Gasteiger partial charge on any atom is 0.125 e. The molecule has 1 aromatic carbocycles. The third kappa shape index (κ3) is 2.68. The van der Waals surface area contributed by atoms with Crippen LogP contribution in [0.3, 0.4) is 0 Å². The molecule has 0 amide bonds. The Morgan fingerprint density at radius 3 is 2.53 bits per heavy atom. The van der Waals surface area contributed by atoms with Crippen molar-refractivity contribution < 1.29 is 9.50 Å². The zero-order valence-electron chi connectivity index (χ0n) is 8.46. The van der Waals surface area contributed by atoms with Crippen LogP contribution in [0.4, 0.5) is 4.39 Å². The van der Waals surface area contributed by atoms with E-state index in [-0.39, 0.29) is 5.02 Å². The van der Waals surface area contributed by atoms with E-state index in [1.165, 1.54) is 12.1 Å². The third-order valence-corrected chi connectivity index (χ3v) is 2.39. The lowest BCUT2D eigenvalue weighted by molar-refractivity contribution is 0.0865. The first kappa shape index (κ1) is 12.0. The van der Waals surface area contributed by atoms with Gasteiger partial charge in [-0.15, -0.1) is 0 Å². The first-order valence-electron chi connectivity index (χ1n) is 4.42. The van der Waals surface area contributed by atoms with Crippen molar-refractivity contribution in [2.45, 2.75) is 20.0 Å². The highest BCUT2D eigenvalue weighted by atomic mass is 35.5. The van der Waals surface area contributed by atoms with Crippen LogP contribution < -0.4 is 0 Å². The molecule has 1 aromatic rings. The van der Waals surface area contributed by atoms with Crippen LogP contribution in [0.1, 0.15) is 25.5 Å². The van der Waals surface area contributed by atoms with E-state index in [0.717, 1.165) is 6.07 Å². The van der Waals surface area contributed by atoms with E-state index >= 15 is 0 Å². The second kappa shape index (κ2) is 4.18. The summed E-state index contributed by atoms with van der Waals surface area (Å²) in [6.45, 7) is 3.16. The van der Waals surface area contributed by atoms with Gasteiger partial charge in [-0.3, -0.25) is 0 Å². The monoisotopic (exact) mass is 227 g/mol. The molecule has 80 valence electrons. The summed E-state index contributed by atoms with van der Waals surface area (Å²) in [5, 5.41) is 18.9. The Bertz CT molecular complexity index is 391. The molecule has 15 heavy (non-hydrogen) atoms. The van der Waals surface area contributed by atoms with E-state index in [4.69, 9.17) is 16.9 Å². The summed E-state index contributed by atoms with van der Waals surface area (Å²) in [6, 6.07) is 5.74. The van der Waals surface area contributed by atoms with E-state index in [0.29, 0.717) is 5.56 Å². The second-order valence-corrected chi connectivity index (χ2v) is 4.38. The minimum atomic E-state index is -1.06. The fraction of sp³-hybridized carbons (Fsp3) is 0.364. The molecule has 0 saturated carbocycles. The van der Waals surface area contributed by atoms with Gasteiger partial charge in [0.15, 0.2) is 0 Å². The second-order valence-electron chi connectivity index (χ2n) is 3.94. The molecule has 0 heterocycles. The van der Waals surface area contributed by atoms with Crippen LogP contribution in [0.15, 0.2) is 18.2 Å². The van der Waals surface area contributed by atoms with Gasteiger partial charge in [0.25, 0.3) is 0 Å². The summed E-state index contributed by atoms with van der Waals surface area (Å²) < 4.78 is 13.0. The molecule has 0 aromatic heterocycles. The molecule has 1 N–H and O–H groups in total. The number of rotatable bonds is 2. The van der Waals surface area contributed by atoms with Gasteiger partial charge in [0.05, 0.1) is 17.6 Å². The van der Waals surface area contributed by atoms with E-state index in [1.54, 1.807) is 13.8 Å². The molecule has 0 radical (unpaired) electrons. The molecular weight excluding hydrogens is 217 g/mol. The normalized spacial score (nSPS) is 13.3. The van der Waals surface area contributed by atoms with Gasteiger partial charge in [-0.1, -0.05) is 11.6 Å². The Hall–Kier alpha value is -1.11. The summed E-state index contributed by atoms with van der Waals surface area (Å²) in [7, 11) is 0. The van der Waals surface area contributed by atoms with Crippen LogP contribution in [0.2, 0.25) is 5.02 Å². The van der Waals surface area contributed by atoms with Gasteiger partial charge in [0.2, 0.25) is 0 Å². The Morgan fingerprint density at radius 2 is 2.07 bits per heavy atom. The van der Waals surface area contributed by atoms with Crippen molar-refractivity contribution >= 4 is 11.6 Å². The summed E-state index contributed by atoms with van der Waals surface area (Å²) in [4.78, 5) is 0. The first-order chi connectivity index (χ1) is 6.86. The minimum absolute atomic E-state index is 0.206. The molecule has 0 fully saturated rings. The van der Waals surface area contributed by atoms with Crippen LogP contribution in [0, 0.1) is 22.6 Å². The van der Waals surface area contributed by atoms with Gasteiger partial charge < -0.3 is 5.11 Å². The molecule has 0 aliphatic heterocycles. The van der Waals surface area contributed by atoms with Gasteiger partial charge in [-0.25, -0.2) is 4.39 Å². The third-order valence-electron chi connectivity index (χ3n) is 2.17. The predicted octanol–water partition coefficient (Wildman–Crippen LogP) is 3.06. The zero-order valence-corrected chi connectivity index (χ0v) is 9.22. The summed E-state index contributed by atoms with van der Waals surface area (Å²) in [5.41, 5.74) is -0.663. The molecule has 0 saturated heterocycles. The van der Waals surface area contributed by atoms with Crippen LogP contribution >= 0.6 is 11.6 Å². The number of aliphatic hydroxyl groups excluding tert-OH is 1. The lowest BCUT2D eigenvalue weighted by Crippen LogP contribution is -2.19. The van der Waals surface area contributed by atoms with Crippen LogP contribution in [-0.2, 0) is 0 Å². The minimum Gasteiger partial charge on any atom is -0.387 e. The number of hydrogen-bond acceptors (Lipinski definition) is 2. The lowest BCUT2D eigenvalue weighted by atomic mass is 9.84. The maximum absolute atomic E-state index is 13.0. The Kier molecular flexibility index (Phi) is 3.33. The smallest absolute Gasteiger partial charge is 0.125 e. The van der Waals surface area contributed by atoms with Crippen molar-refractivity contribution in [3.63, 3.8) is 0 Å². The molecule has 1 unspecified atom stereocenters. The molecular formula is C11H11ClFNO. The number of benzene rings is 1. The average molecular weight is 228 g/mol. The van der Waals surface area contributed by atoms with Crippen molar-refractivity contribution in [2.75, 3.05) is 0 Å². The zero-order chi connectivity index (χ0) is 11.6. The van der Waals surface area contributed by atoms with Crippen molar-refractivity contribution in [3.8, 4) is 6.07 Å². The van der Waals surface area contributed by atoms with Crippen molar-refractivity contribution in [3.05, 3.63) is 34.6 Å². The molecule has 1 rings (SSSR count). The lowest BCUT2D eigenvalue weighted by Gasteiger charge is -2.23. The largest absolute Gasteiger partial charge is 0.387 e. The van der Waals surface area contributed by atoms with Crippen molar-refractivity contribution in [1.82, 2.24) is 0 Å². The number of hydrogen-bond donors (Lipinski definition) is 1. The number of nitriles is 1. The number of aliphatic hydroxyl groups is 1. The number of nitrogens with zero attached hydrogens (tertiary/aromatic N) is 1. The maximum atomic E-state index is 13.0. The Morgan fingerprint density at radius 1 is 1.47 bits per heavy atom. The molecule has 1 atom stereocenters. The molecule has 0 spiro atoms. The molecule has 0 aliphatic rings. The van der Waals surface area contributed by atoms with Crippen LogP contribution in [0.5, 0.6) is 0 Å². The van der Waals surface area contributed by atoms with Gasteiger partial charge in [-0.2, -0.15) is 5.26 Å². The van der Waals surface area contributed by atoms with Gasteiger partial charge in [0, 0.05) is 5.02 Å². The summed E-state index contributed by atoms with van der Waals surface area (Å²) in [6.07, 6.45) is -1.06. The van der Waals surface area contributed by atoms with E-state index in [2.05, 4.69) is 0 Å². The number of halogens is 2. The molecule has 4 heteroatoms. The highest BCUT2D eigenvalue weighted by molar-refractivity contribution is 6.30. The first-order valence-corrected chi connectivity index (χ1v) is 4.80. The topological polar surface area (TPSA) is 44.0 Å². The molecule has 0 bridgehead atoms. The highest BCUT2D eigenvalue weighted by Crippen LogP contribution is 2.33. The predicted molar refractivity (Wildman–Crippen MR) is 55.8 cm³/mol. The van der Waals surface area contributed by atoms with E-state index < -0.39 is 17.3 Å². The van der Waals surface area contributed by atoms with E-state index in [9.17, 15) is 9.50 Å². The van der Waals surface area contributed by atoms with E-state index in [1.807, 2.05) is 6.07 Å². The van der Waals surface area contributed by atoms with Gasteiger partial charge in [-0.05, 0) is 37.6 Å². The molecule has 2 nitrogen and oxygen atoms in total. The molecule has 0 aliphatic carbocycles. The average Bonchev–Trinajstić information content (AvgIpc) is 2.15. The van der Waals surface area contributed by atoms with Gasteiger partial charge >= 0.3 is 0 Å². The summed E-state index contributed by atoms with van der Waals surface area (Å²) >= 11 is 5.65. The Balaban J connectivity index is 3.13. The van der Waals surface area contributed by atoms with Crippen LogP contribution in [-0.4, -0.2) is 5.11 Å².